The second-order valence-corrected chi connectivity index (χ2v) is 11.7. The molecule has 0 radical (unpaired) electrons. The van der Waals surface area contributed by atoms with Crippen LogP contribution in [0.5, 0.6) is 11.5 Å². The minimum Gasteiger partial charge on any atom is -0.494 e. The predicted molar refractivity (Wildman–Crippen MR) is 183 cm³/mol. The van der Waals surface area contributed by atoms with Gasteiger partial charge in [0.15, 0.2) is 0 Å². The number of nitrogens with zero attached hydrogens (tertiary/aromatic N) is 5. The summed E-state index contributed by atoms with van der Waals surface area (Å²) < 4.78 is 39.7. The van der Waals surface area contributed by atoms with Crippen LogP contribution in [0.4, 0.5) is 34.1 Å². The molecule has 0 aromatic heterocycles. The molecule has 0 aliphatic heterocycles. The van der Waals surface area contributed by atoms with E-state index in [0.717, 1.165) is 21.8 Å². The first-order valence-electron chi connectivity index (χ1n) is 14.3. The molecule has 11 heteroatoms. The molecule has 0 saturated carbocycles. The Morgan fingerprint density at radius 1 is 0.609 bits per heavy atom. The fourth-order valence-electron chi connectivity index (χ4n) is 4.99. The molecule has 6 aromatic rings. The molecular weight excluding hydrogens is 600 g/mol. The molecule has 0 saturated heterocycles. The summed E-state index contributed by atoms with van der Waals surface area (Å²) in [6.45, 7) is 0. The molecule has 0 bridgehead atoms. The summed E-state index contributed by atoms with van der Waals surface area (Å²) in [4.78, 5) is 2.05. The van der Waals surface area contributed by atoms with Gasteiger partial charge in [-0.05, 0) is 48.5 Å². The molecule has 0 amide bonds. The lowest BCUT2D eigenvalue weighted by Gasteiger charge is -2.16. The first-order valence-corrected chi connectivity index (χ1v) is 15.7. The van der Waals surface area contributed by atoms with Crippen molar-refractivity contribution in [3.8, 4) is 11.5 Å². The average Bonchev–Trinajstić information content (AvgIpc) is 3.07. The highest BCUT2D eigenvalue weighted by atomic mass is 32.2. The summed E-state index contributed by atoms with van der Waals surface area (Å²) in [5, 5.41) is 20.9. The highest BCUT2D eigenvalue weighted by Crippen LogP contribution is 2.38. The van der Waals surface area contributed by atoms with Gasteiger partial charge in [-0.25, -0.2) is 0 Å². The zero-order valence-corrected chi connectivity index (χ0v) is 26.1. The number of nitrogens with one attached hydrogen (secondary N) is 1. The number of methoxy groups -OCH3 is 1. The first-order chi connectivity index (χ1) is 22.3. The number of azo groups is 2. The van der Waals surface area contributed by atoms with Crippen molar-refractivity contribution in [2.45, 2.75) is 0 Å². The monoisotopic (exact) mass is 630 g/mol. The van der Waals surface area contributed by atoms with Crippen molar-refractivity contribution < 1.29 is 17.3 Å². The Bertz CT molecular complexity index is 2200. The third-order valence-corrected chi connectivity index (χ3v) is 8.03. The van der Waals surface area contributed by atoms with Crippen LogP contribution in [0, 0.1) is 0 Å². The Hall–Kier alpha value is -5.81. The standard InChI is InChI=1S/C35H30N6O4S/c1-41(2)34-22-21-31(28-15-9-10-16-29(28)34)38-39-33-18-17-25(23-35(33)44-3)45-46(42,43)40-32-20-19-30(26-13-7-8-14-27(26)32)37-36-24-11-5-4-6-12-24/h4-23,40H,1-3H3. The van der Waals surface area contributed by atoms with Gasteiger partial charge < -0.3 is 13.8 Å². The average molecular weight is 631 g/mol. The Morgan fingerprint density at radius 3 is 1.87 bits per heavy atom. The number of hydrogen-bond acceptors (Lipinski definition) is 9. The Kier molecular flexibility index (Phi) is 8.57. The topological polar surface area (TPSA) is 117 Å². The first kappa shape index (κ1) is 30.2. The summed E-state index contributed by atoms with van der Waals surface area (Å²) in [5.41, 5.74) is 3.81. The maximum atomic E-state index is 13.1. The zero-order chi connectivity index (χ0) is 32.1. The fraction of sp³-hybridized carbons (Fsp3) is 0.0857. The van der Waals surface area contributed by atoms with Gasteiger partial charge in [0.2, 0.25) is 0 Å². The van der Waals surface area contributed by atoms with Crippen LogP contribution in [0.15, 0.2) is 142 Å². The summed E-state index contributed by atoms with van der Waals surface area (Å²) in [6.07, 6.45) is 0. The smallest absolute Gasteiger partial charge is 0.407 e. The number of anilines is 2. The van der Waals surface area contributed by atoms with Crippen molar-refractivity contribution >= 4 is 66.0 Å². The molecule has 0 aliphatic carbocycles. The van der Waals surface area contributed by atoms with Gasteiger partial charge >= 0.3 is 10.3 Å². The van der Waals surface area contributed by atoms with E-state index < -0.39 is 10.3 Å². The van der Waals surface area contributed by atoms with Crippen molar-refractivity contribution in [3.05, 3.63) is 121 Å². The van der Waals surface area contributed by atoms with Gasteiger partial charge in [0.1, 0.15) is 17.2 Å². The third-order valence-electron chi connectivity index (χ3n) is 7.15. The van der Waals surface area contributed by atoms with Crippen LogP contribution in [-0.4, -0.2) is 29.6 Å². The lowest BCUT2D eigenvalue weighted by Crippen LogP contribution is -2.19. The van der Waals surface area contributed by atoms with Crippen LogP contribution in [0.2, 0.25) is 0 Å². The maximum Gasteiger partial charge on any atom is 0.407 e. The minimum absolute atomic E-state index is 0.0432. The summed E-state index contributed by atoms with van der Waals surface area (Å²) in [5.74, 6) is 0.339. The summed E-state index contributed by atoms with van der Waals surface area (Å²) in [6, 6.07) is 36.4. The summed E-state index contributed by atoms with van der Waals surface area (Å²) in [7, 11) is 1.16. The molecule has 0 aliphatic rings. The quantitative estimate of drug-likeness (QED) is 0.151. The van der Waals surface area contributed by atoms with Crippen LogP contribution in [0.3, 0.4) is 0 Å². The predicted octanol–water partition coefficient (Wildman–Crippen LogP) is 9.63. The van der Waals surface area contributed by atoms with Gasteiger partial charge in [0, 0.05) is 47.4 Å². The molecule has 6 aromatic carbocycles. The van der Waals surface area contributed by atoms with Gasteiger partial charge in [-0.15, -0.1) is 15.3 Å². The van der Waals surface area contributed by atoms with Crippen molar-refractivity contribution in [2.24, 2.45) is 20.5 Å². The maximum absolute atomic E-state index is 13.1. The largest absolute Gasteiger partial charge is 0.494 e. The number of rotatable bonds is 10. The van der Waals surface area contributed by atoms with Crippen molar-refractivity contribution in [1.29, 1.82) is 0 Å². The molecule has 230 valence electrons. The molecule has 0 spiro atoms. The van der Waals surface area contributed by atoms with E-state index in [1.165, 1.54) is 19.2 Å². The molecule has 0 atom stereocenters. The van der Waals surface area contributed by atoms with Gasteiger partial charge in [-0.2, -0.15) is 13.5 Å². The SMILES string of the molecule is COc1cc(OS(=O)(=O)Nc2ccc(N=Nc3ccccc3)c3ccccc23)ccc1N=Nc1ccc(N(C)C)c2ccccc12. The van der Waals surface area contributed by atoms with Crippen molar-refractivity contribution in [2.75, 3.05) is 30.8 Å². The van der Waals surface area contributed by atoms with E-state index in [9.17, 15) is 8.42 Å². The zero-order valence-electron chi connectivity index (χ0n) is 25.3. The van der Waals surface area contributed by atoms with Crippen LogP contribution in [0.25, 0.3) is 21.5 Å². The number of benzene rings is 6. The van der Waals surface area contributed by atoms with E-state index in [0.29, 0.717) is 39.6 Å². The van der Waals surface area contributed by atoms with Crippen molar-refractivity contribution in [3.63, 3.8) is 0 Å². The Morgan fingerprint density at radius 2 is 1.17 bits per heavy atom. The fourth-order valence-corrected chi connectivity index (χ4v) is 5.84. The number of fused-ring (bicyclic) bond motifs is 2. The second-order valence-electron chi connectivity index (χ2n) is 10.4. The second kappa shape index (κ2) is 13.0. The Labute approximate surface area is 266 Å². The molecule has 10 nitrogen and oxygen atoms in total. The van der Waals surface area contributed by atoms with Crippen molar-refractivity contribution in [1.82, 2.24) is 0 Å². The van der Waals surface area contributed by atoms with Gasteiger partial charge in [-0.1, -0.05) is 66.7 Å². The molecule has 1 N–H and O–H groups in total. The van der Waals surface area contributed by atoms with Crippen LogP contribution >= 0.6 is 0 Å². The van der Waals surface area contributed by atoms with E-state index in [1.807, 2.05) is 104 Å². The third kappa shape index (κ3) is 6.64. The number of hydrogen-bond donors (Lipinski definition) is 1. The van der Waals surface area contributed by atoms with Gasteiger partial charge in [0.05, 0.1) is 29.9 Å². The van der Waals surface area contributed by atoms with E-state index in [-0.39, 0.29) is 5.75 Å². The molecule has 6 rings (SSSR count). The molecule has 46 heavy (non-hydrogen) atoms. The van der Waals surface area contributed by atoms with Crippen LogP contribution in [-0.2, 0) is 10.3 Å². The summed E-state index contributed by atoms with van der Waals surface area (Å²) >= 11 is 0. The lowest BCUT2D eigenvalue weighted by molar-refractivity contribution is 0.413. The van der Waals surface area contributed by atoms with Gasteiger partial charge in [0.25, 0.3) is 0 Å². The highest BCUT2D eigenvalue weighted by Gasteiger charge is 2.17. The molecule has 0 unspecified atom stereocenters. The number of ether oxygens (including phenoxy) is 1. The minimum atomic E-state index is -4.29. The molecular formula is C35H30N6O4S. The van der Waals surface area contributed by atoms with E-state index >= 15 is 0 Å². The van der Waals surface area contributed by atoms with Crippen LogP contribution < -0.4 is 18.5 Å². The Balaban J connectivity index is 1.22. The lowest BCUT2D eigenvalue weighted by atomic mass is 10.1. The molecule has 0 heterocycles. The molecule has 0 fully saturated rings. The van der Waals surface area contributed by atoms with E-state index in [1.54, 1.807) is 24.3 Å². The van der Waals surface area contributed by atoms with Gasteiger partial charge in [-0.3, -0.25) is 4.72 Å². The van der Waals surface area contributed by atoms with E-state index in [2.05, 4.69) is 25.2 Å². The normalized spacial score (nSPS) is 11.8. The highest BCUT2D eigenvalue weighted by molar-refractivity contribution is 7.88. The van der Waals surface area contributed by atoms with E-state index in [4.69, 9.17) is 8.92 Å². The van der Waals surface area contributed by atoms with Crippen LogP contribution in [0.1, 0.15) is 0 Å².